The summed E-state index contributed by atoms with van der Waals surface area (Å²) in [6, 6.07) is 5.71. The lowest BCUT2D eigenvalue weighted by Crippen LogP contribution is -2.18. The number of anilines is 1. The molecular weight excluding hydrogens is 374 g/mol. The number of nitrogens with one attached hydrogen (secondary N) is 1. The Morgan fingerprint density at radius 2 is 2.35 bits per heavy atom. The zero-order valence-electron chi connectivity index (χ0n) is 14.7. The molecule has 0 radical (unpaired) electrons. The monoisotopic (exact) mass is 397 g/mol. The summed E-state index contributed by atoms with van der Waals surface area (Å²) in [7, 11) is 0. The highest BCUT2D eigenvalue weighted by atomic mass is 35.5. The molecule has 1 aromatic carbocycles. The van der Waals surface area contributed by atoms with Gasteiger partial charge in [-0.3, -0.25) is 4.79 Å². The first-order chi connectivity index (χ1) is 12.2. The van der Waals surface area contributed by atoms with Crippen LogP contribution in [0.5, 0.6) is 5.75 Å². The summed E-state index contributed by atoms with van der Waals surface area (Å²) in [5.74, 6) is 0.409. The van der Waals surface area contributed by atoms with Crippen LogP contribution in [-0.4, -0.2) is 36.8 Å². The minimum Gasteiger partial charge on any atom is -0.489 e. The van der Waals surface area contributed by atoms with Crippen molar-refractivity contribution < 1.29 is 14.3 Å². The Morgan fingerprint density at radius 1 is 1.50 bits per heavy atom. The number of carbonyl (C=O) groups excluding carboxylic acids is 1. The molecule has 1 saturated heterocycles. The zero-order valence-corrected chi connectivity index (χ0v) is 16.3. The third-order valence-corrected chi connectivity index (χ3v) is 4.89. The van der Waals surface area contributed by atoms with Crippen molar-refractivity contribution in [2.75, 3.05) is 25.1 Å². The molecular formula is C18H24ClN3O3S. The van der Waals surface area contributed by atoms with Crippen molar-refractivity contribution in [1.82, 2.24) is 4.98 Å². The molecule has 0 spiro atoms. The molecule has 3 N–H and O–H groups in total. The lowest BCUT2D eigenvalue weighted by Gasteiger charge is -2.15. The number of nitrogens with zero attached hydrogens (tertiary/aromatic N) is 1. The van der Waals surface area contributed by atoms with Crippen molar-refractivity contribution in [3.63, 3.8) is 0 Å². The summed E-state index contributed by atoms with van der Waals surface area (Å²) in [5, 5.41) is 5.51. The fourth-order valence-corrected chi connectivity index (χ4v) is 3.44. The molecule has 8 heteroatoms. The van der Waals surface area contributed by atoms with Crippen molar-refractivity contribution in [3.05, 3.63) is 39.8 Å². The summed E-state index contributed by atoms with van der Waals surface area (Å²) in [4.78, 5) is 16.8. The number of amides is 1. The largest absolute Gasteiger partial charge is 0.489 e. The number of thiazole rings is 1. The van der Waals surface area contributed by atoms with Crippen LogP contribution in [0.4, 0.5) is 5.69 Å². The van der Waals surface area contributed by atoms with Gasteiger partial charge in [0.15, 0.2) is 0 Å². The maximum Gasteiger partial charge on any atom is 0.275 e. The highest BCUT2D eigenvalue weighted by molar-refractivity contribution is 7.09. The second kappa shape index (κ2) is 9.87. The minimum absolute atomic E-state index is 0. The quantitative estimate of drug-likeness (QED) is 0.749. The lowest BCUT2D eigenvalue weighted by molar-refractivity contribution is 0.0681. The van der Waals surface area contributed by atoms with Gasteiger partial charge in [-0.2, -0.15) is 0 Å². The maximum atomic E-state index is 12.5. The standard InChI is InChI=1S/C18H23N3O3S.ClH/c1-12-4-5-14(16(9-12)24-10-13-3-2-8-23-13)21-18(22)15-11-25-17(20-15)6-7-19;/h4-5,9,11,13H,2-3,6-8,10,19H2,1H3,(H,21,22);1H. The van der Waals surface area contributed by atoms with E-state index in [1.807, 2.05) is 25.1 Å². The Hall–Kier alpha value is -1.67. The first-order valence-electron chi connectivity index (χ1n) is 8.46. The summed E-state index contributed by atoms with van der Waals surface area (Å²) in [6.45, 7) is 3.79. The Kier molecular flexibility index (Phi) is 7.84. The fraction of sp³-hybridized carbons (Fsp3) is 0.444. The van der Waals surface area contributed by atoms with E-state index in [1.54, 1.807) is 5.38 Å². The van der Waals surface area contributed by atoms with E-state index < -0.39 is 0 Å². The molecule has 1 unspecified atom stereocenters. The summed E-state index contributed by atoms with van der Waals surface area (Å²) in [5.41, 5.74) is 7.64. The number of rotatable bonds is 7. The molecule has 1 aliphatic rings. The normalized spacial score (nSPS) is 16.2. The molecule has 142 valence electrons. The number of hydrogen-bond acceptors (Lipinski definition) is 6. The SMILES string of the molecule is Cc1ccc(NC(=O)c2csc(CCN)n2)c(OCC2CCCO2)c1.Cl. The van der Waals surface area contributed by atoms with Gasteiger partial charge >= 0.3 is 0 Å². The number of hydrogen-bond donors (Lipinski definition) is 2. The maximum absolute atomic E-state index is 12.5. The molecule has 1 amide bonds. The molecule has 1 aliphatic heterocycles. The third kappa shape index (κ3) is 5.41. The molecule has 0 bridgehead atoms. The molecule has 2 aromatic rings. The fourth-order valence-electron chi connectivity index (χ4n) is 2.65. The molecule has 1 fully saturated rings. The van der Waals surface area contributed by atoms with Crippen molar-refractivity contribution in [2.45, 2.75) is 32.3 Å². The van der Waals surface area contributed by atoms with Gasteiger partial charge in [0, 0.05) is 18.4 Å². The van der Waals surface area contributed by atoms with Crippen molar-refractivity contribution >= 4 is 35.3 Å². The van der Waals surface area contributed by atoms with Gasteiger partial charge in [0.25, 0.3) is 5.91 Å². The molecule has 1 atom stereocenters. The number of nitrogens with two attached hydrogens (primary N) is 1. The summed E-state index contributed by atoms with van der Waals surface area (Å²) >= 11 is 1.45. The van der Waals surface area contributed by atoms with Crippen LogP contribution in [-0.2, 0) is 11.2 Å². The number of aryl methyl sites for hydroxylation is 1. The summed E-state index contributed by atoms with van der Waals surface area (Å²) in [6.07, 6.45) is 2.89. The van der Waals surface area contributed by atoms with Crippen LogP contribution in [0.1, 0.15) is 33.9 Å². The van der Waals surface area contributed by atoms with Gasteiger partial charge in [-0.15, -0.1) is 23.7 Å². The average molecular weight is 398 g/mol. The van der Waals surface area contributed by atoms with E-state index in [-0.39, 0.29) is 24.4 Å². The minimum atomic E-state index is -0.245. The molecule has 0 aliphatic carbocycles. The predicted molar refractivity (Wildman–Crippen MR) is 106 cm³/mol. The molecule has 0 saturated carbocycles. The highest BCUT2D eigenvalue weighted by Gasteiger charge is 2.18. The van der Waals surface area contributed by atoms with Gasteiger partial charge in [0.05, 0.1) is 16.8 Å². The van der Waals surface area contributed by atoms with Crippen LogP contribution in [0.2, 0.25) is 0 Å². The Labute approximate surface area is 163 Å². The number of halogens is 1. The van der Waals surface area contributed by atoms with Crippen LogP contribution in [0.25, 0.3) is 0 Å². The number of aromatic nitrogens is 1. The van der Waals surface area contributed by atoms with Gasteiger partial charge < -0.3 is 20.5 Å². The van der Waals surface area contributed by atoms with Crippen LogP contribution in [0.3, 0.4) is 0 Å². The van der Waals surface area contributed by atoms with E-state index in [0.717, 1.165) is 30.0 Å². The van der Waals surface area contributed by atoms with Crippen molar-refractivity contribution in [1.29, 1.82) is 0 Å². The van der Waals surface area contributed by atoms with Gasteiger partial charge in [-0.25, -0.2) is 4.98 Å². The second-order valence-electron chi connectivity index (χ2n) is 6.06. The van der Waals surface area contributed by atoms with Crippen LogP contribution in [0, 0.1) is 6.92 Å². The first kappa shape index (κ1) is 20.6. The second-order valence-corrected chi connectivity index (χ2v) is 7.01. The predicted octanol–water partition coefficient (Wildman–Crippen LogP) is 3.18. The van der Waals surface area contributed by atoms with E-state index in [4.69, 9.17) is 15.2 Å². The molecule has 6 nitrogen and oxygen atoms in total. The van der Waals surface area contributed by atoms with E-state index in [1.165, 1.54) is 11.3 Å². The molecule has 2 heterocycles. The zero-order chi connectivity index (χ0) is 17.6. The average Bonchev–Trinajstić information content (AvgIpc) is 3.27. The third-order valence-electron chi connectivity index (χ3n) is 3.98. The van der Waals surface area contributed by atoms with E-state index >= 15 is 0 Å². The van der Waals surface area contributed by atoms with Crippen molar-refractivity contribution in [3.8, 4) is 5.75 Å². The number of carbonyl (C=O) groups is 1. The van der Waals surface area contributed by atoms with Crippen LogP contribution >= 0.6 is 23.7 Å². The summed E-state index contributed by atoms with van der Waals surface area (Å²) < 4.78 is 11.5. The van der Waals surface area contributed by atoms with Crippen LogP contribution < -0.4 is 15.8 Å². The Bertz CT molecular complexity index is 732. The lowest BCUT2D eigenvalue weighted by atomic mass is 10.2. The van der Waals surface area contributed by atoms with Crippen molar-refractivity contribution in [2.24, 2.45) is 5.73 Å². The van der Waals surface area contributed by atoms with E-state index in [9.17, 15) is 4.79 Å². The van der Waals surface area contributed by atoms with Gasteiger partial charge in [0.2, 0.25) is 0 Å². The van der Waals surface area contributed by atoms with E-state index in [2.05, 4.69) is 10.3 Å². The smallest absolute Gasteiger partial charge is 0.275 e. The van der Waals surface area contributed by atoms with Gasteiger partial charge in [0.1, 0.15) is 18.1 Å². The molecule has 26 heavy (non-hydrogen) atoms. The number of benzene rings is 1. The number of ether oxygens (including phenoxy) is 2. The highest BCUT2D eigenvalue weighted by Crippen LogP contribution is 2.27. The Morgan fingerprint density at radius 3 is 3.08 bits per heavy atom. The Balaban J connectivity index is 0.00000243. The van der Waals surface area contributed by atoms with E-state index in [0.29, 0.717) is 36.7 Å². The first-order valence-corrected chi connectivity index (χ1v) is 9.34. The van der Waals surface area contributed by atoms with Gasteiger partial charge in [-0.1, -0.05) is 6.07 Å². The molecule has 3 rings (SSSR count). The topological polar surface area (TPSA) is 86.5 Å². The van der Waals surface area contributed by atoms with Gasteiger partial charge in [-0.05, 0) is 44.0 Å². The van der Waals surface area contributed by atoms with Crippen LogP contribution in [0.15, 0.2) is 23.6 Å². The molecule has 1 aromatic heterocycles.